The van der Waals surface area contributed by atoms with Crippen molar-refractivity contribution in [1.29, 1.82) is 0 Å². The molecule has 0 saturated heterocycles. The Morgan fingerprint density at radius 3 is 0.883 bits per heavy atom. The molecule has 352 valence electrons. The molecule has 0 N–H and O–H groups in total. The van der Waals surface area contributed by atoms with Crippen LogP contribution >= 0.6 is 0 Å². The van der Waals surface area contributed by atoms with Crippen molar-refractivity contribution >= 4 is 17.9 Å². The van der Waals surface area contributed by atoms with Crippen molar-refractivity contribution in [3.63, 3.8) is 0 Å². The Bertz CT molecular complexity index is 973. The Kier molecular flexibility index (Phi) is 47.8. The second-order valence-electron chi connectivity index (χ2n) is 17.8. The average Bonchev–Trinajstić information content (AvgIpc) is 3.24. The van der Waals surface area contributed by atoms with Crippen LogP contribution in [0.5, 0.6) is 0 Å². The van der Waals surface area contributed by atoms with Gasteiger partial charge in [-0.1, -0.05) is 225 Å². The Hall–Kier alpha value is -2.11. The minimum absolute atomic E-state index is 0.0736. The third-order valence-corrected chi connectivity index (χ3v) is 11.7. The summed E-state index contributed by atoms with van der Waals surface area (Å²) in [6, 6.07) is 0. The van der Waals surface area contributed by atoms with Gasteiger partial charge in [-0.15, -0.1) is 0 Å². The SMILES string of the molecule is CCCC/C=C\CCCCCCC(=O)OCC(COC(=O)CCCCCCCCC/C=C\CCCCCCCCCC)OC(=O)CCCCCCCCCCCCCCC. The van der Waals surface area contributed by atoms with E-state index < -0.39 is 6.10 Å². The molecule has 0 aliphatic carbocycles. The van der Waals surface area contributed by atoms with E-state index in [-0.39, 0.29) is 31.1 Å². The summed E-state index contributed by atoms with van der Waals surface area (Å²) in [7, 11) is 0. The molecule has 0 heterocycles. The molecule has 0 aromatic heterocycles. The van der Waals surface area contributed by atoms with E-state index in [2.05, 4.69) is 45.1 Å². The standard InChI is InChI=1S/C54H100O6/c1-4-7-10-13-16-19-22-24-25-26-27-28-29-31-32-35-38-41-44-47-53(56)59-50-51(49-58-52(55)46-43-40-37-34-21-18-15-12-9-6-3)60-54(57)48-45-42-39-36-33-30-23-20-17-14-11-8-5-2/h15,18,26-27,51H,4-14,16-17,19-25,28-50H2,1-3H3/b18-15-,27-26-. The van der Waals surface area contributed by atoms with Crippen LogP contribution in [-0.4, -0.2) is 37.2 Å². The van der Waals surface area contributed by atoms with E-state index in [9.17, 15) is 14.4 Å². The Labute approximate surface area is 373 Å². The summed E-state index contributed by atoms with van der Waals surface area (Å²) in [4.78, 5) is 37.9. The lowest BCUT2D eigenvalue weighted by molar-refractivity contribution is -0.167. The first-order chi connectivity index (χ1) is 29.5. The molecule has 1 atom stereocenters. The summed E-state index contributed by atoms with van der Waals surface area (Å²) < 4.78 is 16.8. The topological polar surface area (TPSA) is 78.9 Å². The summed E-state index contributed by atoms with van der Waals surface area (Å²) >= 11 is 0. The van der Waals surface area contributed by atoms with Gasteiger partial charge in [0.25, 0.3) is 0 Å². The van der Waals surface area contributed by atoms with Crippen molar-refractivity contribution in [2.45, 2.75) is 290 Å². The molecule has 6 heteroatoms. The van der Waals surface area contributed by atoms with E-state index in [1.807, 2.05) is 0 Å². The Morgan fingerprint density at radius 2 is 0.567 bits per heavy atom. The molecule has 0 spiro atoms. The molecule has 0 saturated carbocycles. The predicted molar refractivity (Wildman–Crippen MR) is 256 cm³/mol. The van der Waals surface area contributed by atoms with Gasteiger partial charge in [0.05, 0.1) is 0 Å². The number of esters is 3. The van der Waals surface area contributed by atoms with Crippen LogP contribution < -0.4 is 0 Å². The first kappa shape index (κ1) is 57.9. The fourth-order valence-electron chi connectivity index (χ4n) is 7.65. The number of unbranched alkanes of at least 4 members (excludes halogenated alkanes) is 33. The van der Waals surface area contributed by atoms with Crippen LogP contribution in [0.4, 0.5) is 0 Å². The molecular formula is C54H100O6. The summed E-state index contributed by atoms with van der Waals surface area (Å²) in [5.41, 5.74) is 0. The maximum Gasteiger partial charge on any atom is 0.306 e. The molecule has 0 aliphatic heterocycles. The van der Waals surface area contributed by atoms with Gasteiger partial charge in [0.15, 0.2) is 6.10 Å². The predicted octanol–water partition coefficient (Wildman–Crippen LogP) is 17.2. The number of allylic oxidation sites excluding steroid dienone is 4. The molecule has 6 nitrogen and oxygen atoms in total. The lowest BCUT2D eigenvalue weighted by Crippen LogP contribution is -2.30. The van der Waals surface area contributed by atoms with Gasteiger partial charge in [-0.3, -0.25) is 14.4 Å². The van der Waals surface area contributed by atoms with E-state index in [4.69, 9.17) is 14.2 Å². The van der Waals surface area contributed by atoms with Crippen molar-refractivity contribution < 1.29 is 28.6 Å². The van der Waals surface area contributed by atoms with E-state index >= 15 is 0 Å². The molecule has 1 unspecified atom stereocenters. The number of ether oxygens (including phenoxy) is 3. The van der Waals surface area contributed by atoms with Gasteiger partial charge in [0.2, 0.25) is 0 Å². The van der Waals surface area contributed by atoms with Crippen LogP contribution in [0.2, 0.25) is 0 Å². The molecule has 0 aromatic rings. The first-order valence-corrected chi connectivity index (χ1v) is 26.3. The van der Waals surface area contributed by atoms with Gasteiger partial charge in [-0.05, 0) is 64.2 Å². The van der Waals surface area contributed by atoms with Gasteiger partial charge in [0.1, 0.15) is 13.2 Å². The van der Waals surface area contributed by atoms with Crippen LogP contribution in [0.3, 0.4) is 0 Å². The minimum Gasteiger partial charge on any atom is -0.462 e. The van der Waals surface area contributed by atoms with Gasteiger partial charge in [-0.2, -0.15) is 0 Å². The highest BCUT2D eigenvalue weighted by Crippen LogP contribution is 2.16. The fourth-order valence-corrected chi connectivity index (χ4v) is 7.65. The molecule has 0 aromatic carbocycles. The quantitative estimate of drug-likeness (QED) is 0.0263. The number of carbonyl (C=O) groups is 3. The highest BCUT2D eigenvalue weighted by atomic mass is 16.6. The number of carbonyl (C=O) groups excluding carboxylic acids is 3. The molecule has 0 fully saturated rings. The van der Waals surface area contributed by atoms with E-state index in [1.54, 1.807) is 0 Å². The molecule has 0 aliphatic rings. The van der Waals surface area contributed by atoms with Crippen molar-refractivity contribution in [2.75, 3.05) is 13.2 Å². The van der Waals surface area contributed by atoms with Gasteiger partial charge in [-0.25, -0.2) is 0 Å². The average molecular weight is 845 g/mol. The van der Waals surface area contributed by atoms with Crippen LogP contribution in [0.15, 0.2) is 24.3 Å². The zero-order valence-electron chi connectivity index (χ0n) is 40.2. The lowest BCUT2D eigenvalue weighted by Gasteiger charge is -2.18. The van der Waals surface area contributed by atoms with Crippen LogP contribution in [0, 0.1) is 0 Å². The molecule has 0 amide bonds. The zero-order chi connectivity index (χ0) is 43.7. The highest BCUT2D eigenvalue weighted by Gasteiger charge is 2.19. The van der Waals surface area contributed by atoms with Crippen molar-refractivity contribution in [1.82, 2.24) is 0 Å². The van der Waals surface area contributed by atoms with Gasteiger partial charge in [0, 0.05) is 19.3 Å². The number of hydrogen-bond acceptors (Lipinski definition) is 6. The van der Waals surface area contributed by atoms with Gasteiger partial charge >= 0.3 is 17.9 Å². The lowest BCUT2D eigenvalue weighted by atomic mass is 10.0. The maximum atomic E-state index is 12.8. The molecule has 0 rings (SSSR count). The van der Waals surface area contributed by atoms with Crippen LogP contribution in [0.25, 0.3) is 0 Å². The van der Waals surface area contributed by atoms with Crippen molar-refractivity contribution in [2.24, 2.45) is 0 Å². The summed E-state index contributed by atoms with van der Waals surface area (Å²) in [6.07, 6.45) is 55.9. The fraction of sp³-hybridized carbons (Fsp3) is 0.870. The first-order valence-electron chi connectivity index (χ1n) is 26.3. The number of rotatable bonds is 48. The van der Waals surface area contributed by atoms with Crippen molar-refractivity contribution in [3.05, 3.63) is 24.3 Å². The molecule has 0 radical (unpaired) electrons. The Balaban J connectivity index is 4.28. The van der Waals surface area contributed by atoms with Gasteiger partial charge < -0.3 is 14.2 Å². The van der Waals surface area contributed by atoms with E-state index in [0.29, 0.717) is 19.3 Å². The largest absolute Gasteiger partial charge is 0.462 e. The smallest absolute Gasteiger partial charge is 0.306 e. The summed E-state index contributed by atoms with van der Waals surface area (Å²) in [5, 5.41) is 0. The third kappa shape index (κ3) is 46.9. The molecule has 0 bridgehead atoms. The molecular weight excluding hydrogens is 745 g/mol. The monoisotopic (exact) mass is 845 g/mol. The van der Waals surface area contributed by atoms with Crippen molar-refractivity contribution in [3.8, 4) is 0 Å². The van der Waals surface area contributed by atoms with Crippen LogP contribution in [0.1, 0.15) is 284 Å². The van der Waals surface area contributed by atoms with E-state index in [0.717, 1.165) is 77.0 Å². The maximum absolute atomic E-state index is 12.8. The van der Waals surface area contributed by atoms with E-state index in [1.165, 1.54) is 167 Å². The molecule has 60 heavy (non-hydrogen) atoms. The Morgan fingerprint density at radius 1 is 0.317 bits per heavy atom. The highest BCUT2D eigenvalue weighted by molar-refractivity contribution is 5.71. The summed E-state index contributed by atoms with van der Waals surface area (Å²) in [6.45, 7) is 6.61. The minimum atomic E-state index is -0.771. The van der Waals surface area contributed by atoms with Crippen LogP contribution in [-0.2, 0) is 28.6 Å². The normalized spacial score (nSPS) is 12.1. The second kappa shape index (κ2) is 49.5. The zero-order valence-corrected chi connectivity index (χ0v) is 40.2. The summed E-state index contributed by atoms with van der Waals surface area (Å²) in [5.74, 6) is -0.879. The number of hydrogen-bond donors (Lipinski definition) is 0. The third-order valence-electron chi connectivity index (χ3n) is 11.7. The second-order valence-corrected chi connectivity index (χ2v) is 17.8.